The monoisotopic (exact) mass is 113 g/mol. The standard InChI is InChI=1S/C5H7NO2/c1-2-5(8)6-3-4-7/h2-3,7H,1,4H2. The molecule has 0 fully saturated rings. The Balaban J connectivity index is 3.52. The highest BCUT2D eigenvalue weighted by Crippen LogP contribution is 1.70. The van der Waals surface area contributed by atoms with Crippen LogP contribution >= 0.6 is 0 Å². The number of rotatable bonds is 2. The van der Waals surface area contributed by atoms with Crippen molar-refractivity contribution in [1.29, 1.82) is 0 Å². The molecule has 0 aromatic carbocycles. The van der Waals surface area contributed by atoms with Gasteiger partial charge in [-0.3, -0.25) is 4.79 Å². The third-order valence-electron chi connectivity index (χ3n) is 0.475. The van der Waals surface area contributed by atoms with Crippen molar-refractivity contribution < 1.29 is 9.90 Å². The first-order chi connectivity index (χ1) is 3.81. The van der Waals surface area contributed by atoms with Gasteiger partial charge >= 0.3 is 0 Å². The molecule has 44 valence electrons. The quantitative estimate of drug-likeness (QED) is 0.397. The fraction of sp³-hybridized carbons (Fsp3) is 0.200. The summed E-state index contributed by atoms with van der Waals surface area (Å²) in [4.78, 5) is 13.4. The third-order valence-corrected chi connectivity index (χ3v) is 0.475. The van der Waals surface area contributed by atoms with Crippen LogP contribution in [0.2, 0.25) is 0 Å². The molecule has 0 bridgehead atoms. The van der Waals surface area contributed by atoms with E-state index in [2.05, 4.69) is 11.6 Å². The second-order valence-electron chi connectivity index (χ2n) is 1.04. The molecule has 0 aromatic heterocycles. The van der Waals surface area contributed by atoms with E-state index in [1.807, 2.05) is 0 Å². The number of carbonyl (C=O) groups is 1. The predicted molar refractivity (Wildman–Crippen MR) is 30.8 cm³/mol. The van der Waals surface area contributed by atoms with E-state index in [9.17, 15) is 4.79 Å². The molecule has 0 rings (SSSR count). The van der Waals surface area contributed by atoms with Crippen LogP contribution in [0.4, 0.5) is 0 Å². The largest absolute Gasteiger partial charge is 0.391 e. The maximum absolute atomic E-state index is 10.1. The van der Waals surface area contributed by atoms with Crippen LogP contribution in [0.1, 0.15) is 0 Å². The van der Waals surface area contributed by atoms with Crippen LogP contribution in [0.15, 0.2) is 17.6 Å². The summed E-state index contributed by atoms with van der Waals surface area (Å²) >= 11 is 0. The first-order valence-corrected chi connectivity index (χ1v) is 2.11. The average molecular weight is 113 g/mol. The van der Waals surface area contributed by atoms with Gasteiger partial charge in [-0.1, -0.05) is 6.58 Å². The normalized spacial score (nSPS) is 9.62. The van der Waals surface area contributed by atoms with Crippen LogP contribution in [0, 0.1) is 0 Å². The minimum atomic E-state index is -0.431. The summed E-state index contributed by atoms with van der Waals surface area (Å²) in [6.07, 6.45) is 2.19. The Morgan fingerprint density at radius 1 is 1.88 bits per heavy atom. The van der Waals surface area contributed by atoms with Gasteiger partial charge in [0.15, 0.2) is 0 Å². The predicted octanol–water partition coefficient (Wildman–Crippen LogP) is -0.238. The number of carbonyl (C=O) groups excluding carboxylic acids is 1. The summed E-state index contributed by atoms with van der Waals surface area (Å²) in [7, 11) is 0. The van der Waals surface area contributed by atoms with Crippen LogP contribution in [-0.2, 0) is 4.79 Å². The van der Waals surface area contributed by atoms with Gasteiger partial charge in [0.05, 0.1) is 6.61 Å². The Kier molecular flexibility index (Phi) is 3.70. The zero-order chi connectivity index (χ0) is 6.41. The molecule has 1 N–H and O–H groups in total. The number of nitrogens with zero attached hydrogens (tertiary/aromatic N) is 1. The smallest absolute Gasteiger partial charge is 0.268 e. The van der Waals surface area contributed by atoms with Crippen molar-refractivity contribution in [2.45, 2.75) is 0 Å². The zero-order valence-electron chi connectivity index (χ0n) is 4.37. The van der Waals surface area contributed by atoms with Gasteiger partial charge in [0, 0.05) is 6.21 Å². The van der Waals surface area contributed by atoms with E-state index < -0.39 is 5.91 Å². The maximum Gasteiger partial charge on any atom is 0.268 e. The number of aliphatic imine (C=N–C) groups is 1. The van der Waals surface area contributed by atoms with Crippen LogP contribution in [0.5, 0.6) is 0 Å². The van der Waals surface area contributed by atoms with Crippen molar-refractivity contribution >= 4 is 12.1 Å². The van der Waals surface area contributed by atoms with E-state index >= 15 is 0 Å². The van der Waals surface area contributed by atoms with E-state index in [0.29, 0.717) is 0 Å². The van der Waals surface area contributed by atoms with Gasteiger partial charge in [0.25, 0.3) is 5.91 Å². The van der Waals surface area contributed by atoms with Gasteiger partial charge in [-0.05, 0) is 6.08 Å². The minimum absolute atomic E-state index is 0.209. The molecule has 0 aliphatic carbocycles. The minimum Gasteiger partial charge on any atom is -0.391 e. The summed E-state index contributed by atoms with van der Waals surface area (Å²) in [5.41, 5.74) is 0. The number of amides is 1. The Hall–Kier alpha value is -0.960. The molecule has 3 nitrogen and oxygen atoms in total. The van der Waals surface area contributed by atoms with Crippen molar-refractivity contribution in [3.63, 3.8) is 0 Å². The third kappa shape index (κ3) is 3.24. The molecule has 0 saturated heterocycles. The number of aliphatic hydroxyl groups is 1. The van der Waals surface area contributed by atoms with Crippen molar-refractivity contribution in [2.75, 3.05) is 6.61 Å². The van der Waals surface area contributed by atoms with Crippen LogP contribution in [0.25, 0.3) is 0 Å². The molecule has 0 spiro atoms. The number of hydrogen-bond acceptors (Lipinski definition) is 2. The van der Waals surface area contributed by atoms with Crippen molar-refractivity contribution in [3.8, 4) is 0 Å². The molecular formula is C5H7NO2. The van der Waals surface area contributed by atoms with Crippen LogP contribution in [-0.4, -0.2) is 23.8 Å². The van der Waals surface area contributed by atoms with Crippen LogP contribution in [0.3, 0.4) is 0 Å². The molecule has 0 atom stereocenters. The highest BCUT2D eigenvalue weighted by Gasteiger charge is 1.81. The topological polar surface area (TPSA) is 49.7 Å². The van der Waals surface area contributed by atoms with Gasteiger partial charge in [-0.2, -0.15) is 0 Å². The zero-order valence-corrected chi connectivity index (χ0v) is 4.37. The highest BCUT2D eigenvalue weighted by molar-refractivity contribution is 5.93. The summed E-state index contributed by atoms with van der Waals surface area (Å²) in [5.74, 6) is -0.431. The molecular weight excluding hydrogens is 106 g/mol. The summed E-state index contributed by atoms with van der Waals surface area (Å²) in [6.45, 7) is 2.96. The Morgan fingerprint density at radius 2 is 2.50 bits per heavy atom. The Labute approximate surface area is 47.4 Å². The summed E-state index contributed by atoms with van der Waals surface area (Å²) in [6, 6.07) is 0. The van der Waals surface area contributed by atoms with E-state index in [1.54, 1.807) is 0 Å². The summed E-state index contributed by atoms with van der Waals surface area (Å²) in [5, 5.41) is 8.07. The van der Waals surface area contributed by atoms with Gasteiger partial charge in [-0.15, -0.1) is 0 Å². The molecule has 0 heterocycles. The molecule has 0 aliphatic rings. The number of aliphatic hydroxyl groups excluding tert-OH is 1. The molecule has 0 aliphatic heterocycles. The fourth-order valence-electron chi connectivity index (χ4n) is 0.184. The average Bonchev–Trinajstić information content (AvgIpc) is 1.83. The molecule has 0 saturated carbocycles. The molecule has 1 amide bonds. The van der Waals surface area contributed by atoms with Crippen molar-refractivity contribution in [3.05, 3.63) is 12.7 Å². The van der Waals surface area contributed by atoms with Crippen molar-refractivity contribution in [2.24, 2.45) is 4.99 Å². The first-order valence-electron chi connectivity index (χ1n) is 2.11. The lowest BCUT2D eigenvalue weighted by Crippen LogP contribution is -1.88. The summed E-state index contributed by atoms with van der Waals surface area (Å²) < 4.78 is 0. The highest BCUT2D eigenvalue weighted by atomic mass is 16.3. The van der Waals surface area contributed by atoms with Gasteiger partial charge in [0.2, 0.25) is 0 Å². The van der Waals surface area contributed by atoms with Gasteiger partial charge in [0.1, 0.15) is 0 Å². The fourth-order valence-corrected chi connectivity index (χ4v) is 0.184. The molecule has 0 aromatic rings. The van der Waals surface area contributed by atoms with E-state index in [0.717, 1.165) is 12.3 Å². The maximum atomic E-state index is 10.1. The van der Waals surface area contributed by atoms with Crippen molar-refractivity contribution in [1.82, 2.24) is 0 Å². The Bertz CT molecular complexity index is 118. The molecule has 0 unspecified atom stereocenters. The van der Waals surface area contributed by atoms with E-state index in [1.165, 1.54) is 0 Å². The number of hydrogen-bond donors (Lipinski definition) is 1. The van der Waals surface area contributed by atoms with Gasteiger partial charge < -0.3 is 5.11 Å². The lowest BCUT2D eigenvalue weighted by atomic mass is 10.6. The molecule has 3 heteroatoms. The second-order valence-corrected chi connectivity index (χ2v) is 1.04. The van der Waals surface area contributed by atoms with E-state index in [-0.39, 0.29) is 6.61 Å². The lowest BCUT2D eigenvalue weighted by Gasteiger charge is -1.76. The molecule has 8 heavy (non-hydrogen) atoms. The molecule has 0 radical (unpaired) electrons. The van der Waals surface area contributed by atoms with Crippen LogP contribution < -0.4 is 0 Å². The van der Waals surface area contributed by atoms with Gasteiger partial charge in [-0.25, -0.2) is 4.99 Å². The van der Waals surface area contributed by atoms with E-state index in [4.69, 9.17) is 5.11 Å². The second kappa shape index (κ2) is 4.21. The Morgan fingerprint density at radius 3 is 2.88 bits per heavy atom. The first kappa shape index (κ1) is 7.04. The lowest BCUT2D eigenvalue weighted by molar-refractivity contribution is -0.113. The SMILES string of the molecule is C=CC(=O)N=CCO.